The van der Waals surface area contributed by atoms with E-state index in [0.717, 1.165) is 17.7 Å². The number of halogens is 1. The van der Waals surface area contributed by atoms with E-state index < -0.39 is 0 Å². The molecule has 0 bridgehead atoms. The number of hydrogen-bond donors (Lipinski definition) is 0. The van der Waals surface area contributed by atoms with Crippen LogP contribution < -0.4 is 4.74 Å². The Bertz CT molecular complexity index is 647. The smallest absolute Gasteiger partial charge is 0.237 e. The second kappa shape index (κ2) is 5.73. The van der Waals surface area contributed by atoms with Crippen molar-refractivity contribution in [1.29, 1.82) is 5.26 Å². The number of rotatable bonds is 3. The minimum Gasteiger partial charge on any atom is -0.438 e. The first-order valence-electron chi connectivity index (χ1n) is 5.98. The molecular formula is C15H13ClN2O. The lowest BCUT2D eigenvalue weighted by atomic mass is 10.1. The SMILES string of the molecule is CCc1cc(Oc2nc(C)ccc2C#N)ccc1Cl. The molecule has 0 unspecified atom stereocenters. The van der Waals surface area contributed by atoms with Gasteiger partial charge >= 0.3 is 0 Å². The summed E-state index contributed by atoms with van der Waals surface area (Å²) >= 11 is 6.06. The molecular weight excluding hydrogens is 260 g/mol. The Morgan fingerprint density at radius 2 is 2.11 bits per heavy atom. The maximum absolute atomic E-state index is 9.04. The molecule has 0 aliphatic rings. The van der Waals surface area contributed by atoms with Crippen molar-refractivity contribution in [3.63, 3.8) is 0 Å². The largest absolute Gasteiger partial charge is 0.438 e. The third kappa shape index (κ3) is 3.04. The standard InChI is InChI=1S/C15H13ClN2O/c1-3-11-8-13(6-7-14(11)16)19-15-12(9-17)5-4-10(2)18-15/h4-8H,3H2,1-2H3. The Hall–Kier alpha value is -2.05. The Labute approximate surface area is 117 Å². The van der Waals surface area contributed by atoms with E-state index in [4.69, 9.17) is 21.6 Å². The summed E-state index contributed by atoms with van der Waals surface area (Å²) in [6.45, 7) is 3.88. The van der Waals surface area contributed by atoms with Gasteiger partial charge in [0.1, 0.15) is 17.4 Å². The quantitative estimate of drug-likeness (QED) is 0.838. The molecule has 0 spiro atoms. The first-order chi connectivity index (χ1) is 9.13. The summed E-state index contributed by atoms with van der Waals surface area (Å²) in [5.74, 6) is 0.961. The number of pyridine rings is 1. The summed E-state index contributed by atoms with van der Waals surface area (Å²) < 4.78 is 5.69. The summed E-state index contributed by atoms with van der Waals surface area (Å²) in [5, 5.41) is 9.76. The van der Waals surface area contributed by atoms with Crippen LogP contribution in [0.4, 0.5) is 0 Å². The van der Waals surface area contributed by atoms with Gasteiger partial charge in [0.05, 0.1) is 0 Å². The van der Waals surface area contributed by atoms with Crippen molar-refractivity contribution in [2.45, 2.75) is 20.3 Å². The molecule has 0 aliphatic heterocycles. The van der Waals surface area contributed by atoms with Gasteiger partial charge in [0.2, 0.25) is 5.88 Å². The van der Waals surface area contributed by atoms with E-state index >= 15 is 0 Å². The molecule has 0 amide bonds. The highest BCUT2D eigenvalue weighted by Gasteiger charge is 2.08. The average Bonchev–Trinajstić information content (AvgIpc) is 2.41. The van der Waals surface area contributed by atoms with Crippen molar-refractivity contribution < 1.29 is 4.74 Å². The number of hydrogen-bond acceptors (Lipinski definition) is 3. The molecule has 0 saturated carbocycles. The van der Waals surface area contributed by atoms with Crippen molar-refractivity contribution in [3.05, 3.63) is 52.2 Å². The highest BCUT2D eigenvalue weighted by Crippen LogP contribution is 2.27. The van der Waals surface area contributed by atoms with Crippen molar-refractivity contribution in [3.8, 4) is 17.7 Å². The monoisotopic (exact) mass is 272 g/mol. The van der Waals surface area contributed by atoms with E-state index in [1.54, 1.807) is 24.3 Å². The molecule has 2 aromatic rings. The van der Waals surface area contributed by atoms with Crippen LogP contribution in [-0.4, -0.2) is 4.98 Å². The molecule has 1 aromatic heterocycles. The molecule has 3 nitrogen and oxygen atoms in total. The number of aromatic nitrogens is 1. The fourth-order valence-electron chi connectivity index (χ4n) is 1.69. The Kier molecular flexibility index (Phi) is 4.03. The lowest BCUT2D eigenvalue weighted by Crippen LogP contribution is -1.94. The van der Waals surface area contributed by atoms with Crippen LogP contribution in [0.3, 0.4) is 0 Å². The Morgan fingerprint density at radius 1 is 1.32 bits per heavy atom. The van der Waals surface area contributed by atoms with Gasteiger partial charge < -0.3 is 4.74 Å². The summed E-state index contributed by atoms with van der Waals surface area (Å²) in [6, 6.07) is 11.0. The van der Waals surface area contributed by atoms with Crippen LogP contribution >= 0.6 is 11.6 Å². The van der Waals surface area contributed by atoms with E-state index in [0.29, 0.717) is 22.2 Å². The van der Waals surface area contributed by atoms with Gasteiger partial charge in [-0.05, 0) is 49.2 Å². The zero-order valence-electron chi connectivity index (χ0n) is 10.8. The number of nitrogens with zero attached hydrogens (tertiary/aromatic N) is 2. The first-order valence-corrected chi connectivity index (χ1v) is 6.36. The van der Waals surface area contributed by atoms with Crippen LogP contribution in [0.5, 0.6) is 11.6 Å². The fraction of sp³-hybridized carbons (Fsp3) is 0.200. The van der Waals surface area contributed by atoms with Crippen LogP contribution in [0.25, 0.3) is 0 Å². The zero-order chi connectivity index (χ0) is 13.8. The molecule has 4 heteroatoms. The van der Waals surface area contributed by atoms with Gasteiger partial charge in [-0.3, -0.25) is 0 Å². The molecule has 1 aromatic carbocycles. The van der Waals surface area contributed by atoms with Crippen LogP contribution in [0.1, 0.15) is 23.7 Å². The van der Waals surface area contributed by atoms with Crippen molar-refractivity contribution in [2.75, 3.05) is 0 Å². The molecule has 0 aliphatic carbocycles. The molecule has 96 valence electrons. The number of nitriles is 1. The molecule has 19 heavy (non-hydrogen) atoms. The molecule has 1 heterocycles. The van der Waals surface area contributed by atoms with E-state index in [1.807, 2.05) is 19.9 Å². The predicted molar refractivity (Wildman–Crippen MR) is 74.6 cm³/mol. The molecule has 0 atom stereocenters. The van der Waals surface area contributed by atoms with E-state index in [-0.39, 0.29) is 0 Å². The third-order valence-electron chi connectivity index (χ3n) is 2.73. The lowest BCUT2D eigenvalue weighted by molar-refractivity contribution is 0.459. The van der Waals surface area contributed by atoms with E-state index in [1.165, 1.54) is 0 Å². The van der Waals surface area contributed by atoms with Gasteiger partial charge in [0.25, 0.3) is 0 Å². The fourth-order valence-corrected chi connectivity index (χ4v) is 1.94. The van der Waals surface area contributed by atoms with Gasteiger partial charge in [0, 0.05) is 10.7 Å². The lowest BCUT2D eigenvalue weighted by Gasteiger charge is -2.09. The van der Waals surface area contributed by atoms with Gasteiger partial charge in [-0.25, -0.2) is 4.98 Å². The summed E-state index contributed by atoms with van der Waals surface area (Å²) in [4.78, 5) is 4.24. The van der Waals surface area contributed by atoms with Crippen LogP contribution in [0, 0.1) is 18.3 Å². The number of aryl methyl sites for hydroxylation is 2. The summed E-state index contributed by atoms with van der Waals surface area (Å²) in [6.07, 6.45) is 0.822. The normalized spacial score (nSPS) is 10.0. The average molecular weight is 273 g/mol. The minimum atomic E-state index is 0.326. The van der Waals surface area contributed by atoms with E-state index in [9.17, 15) is 0 Å². The second-order valence-corrected chi connectivity index (χ2v) is 4.53. The Balaban J connectivity index is 2.36. The van der Waals surface area contributed by atoms with Gasteiger partial charge in [-0.1, -0.05) is 18.5 Å². The highest BCUT2D eigenvalue weighted by atomic mass is 35.5. The first kappa shape index (κ1) is 13.4. The third-order valence-corrected chi connectivity index (χ3v) is 3.10. The predicted octanol–water partition coefficient (Wildman–Crippen LogP) is 4.27. The second-order valence-electron chi connectivity index (χ2n) is 4.13. The summed E-state index contributed by atoms with van der Waals surface area (Å²) in [7, 11) is 0. The molecule has 0 radical (unpaired) electrons. The number of benzene rings is 1. The van der Waals surface area contributed by atoms with Gasteiger partial charge in [0.15, 0.2) is 0 Å². The van der Waals surface area contributed by atoms with E-state index in [2.05, 4.69) is 11.1 Å². The molecule has 0 N–H and O–H groups in total. The maximum Gasteiger partial charge on any atom is 0.237 e. The summed E-state index contributed by atoms with van der Waals surface area (Å²) in [5.41, 5.74) is 2.22. The van der Waals surface area contributed by atoms with Gasteiger partial charge in [-0.2, -0.15) is 5.26 Å². The number of ether oxygens (including phenoxy) is 1. The van der Waals surface area contributed by atoms with Crippen molar-refractivity contribution in [1.82, 2.24) is 4.98 Å². The topological polar surface area (TPSA) is 45.9 Å². The highest BCUT2D eigenvalue weighted by molar-refractivity contribution is 6.31. The van der Waals surface area contributed by atoms with Crippen LogP contribution in [0.2, 0.25) is 5.02 Å². The molecule has 0 fully saturated rings. The van der Waals surface area contributed by atoms with Crippen LogP contribution in [-0.2, 0) is 6.42 Å². The van der Waals surface area contributed by atoms with Crippen molar-refractivity contribution in [2.24, 2.45) is 0 Å². The zero-order valence-corrected chi connectivity index (χ0v) is 11.5. The minimum absolute atomic E-state index is 0.326. The van der Waals surface area contributed by atoms with Crippen molar-refractivity contribution >= 4 is 11.6 Å². The van der Waals surface area contributed by atoms with Gasteiger partial charge in [-0.15, -0.1) is 0 Å². The Morgan fingerprint density at radius 3 is 2.79 bits per heavy atom. The molecule has 2 rings (SSSR count). The van der Waals surface area contributed by atoms with Crippen LogP contribution in [0.15, 0.2) is 30.3 Å². The molecule has 0 saturated heterocycles. The maximum atomic E-state index is 9.04.